The Bertz CT molecular complexity index is 825. The van der Waals surface area contributed by atoms with Gasteiger partial charge in [-0.1, -0.05) is 35.0 Å². The molecule has 0 saturated heterocycles. The van der Waals surface area contributed by atoms with Gasteiger partial charge in [-0.05, 0) is 31.2 Å². The minimum absolute atomic E-state index is 0.398. The number of rotatable bonds is 5. The first-order valence-corrected chi connectivity index (χ1v) is 6.97. The molecule has 0 atom stereocenters. The van der Waals surface area contributed by atoms with Gasteiger partial charge in [-0.15, -0.1) is 0 Å². The van der Waals surface area contributed by atoms with Crippen molar-refractivity contribution in [2.45, 2.75) is 6.92 Å². The molecule has 23 heavy (non-hydrogen) atoms. The third kappa shape index (κ3) is 3.55. The first-order chi connectivity index (χ1) is 11.1. The molecule has 0 bridgehead atoms. The molecule has 6 nitrogen and oxygen atoms in total. The predicted octanol–water partition coefficient (Wildman–Crippen LogP) is 3.18. The zero-order chi connectivity index (χ0) is 16.2. The van der Waals surface area contributed by atoms with E-state index in [0.29, 0.717) is 23.0 Å². The minimum Gasteiger partial charge on any atom is -0.482 e. The maximum absolute atomic E-state index is 10.5. The quantitative estimate of drug-likeness (QED) is 0.779. The summed E-state index contributed by atoms with van der Waals surface area (Å²) in [5, 5.41) is 12.6. The van der Waals surface area contributed by atoms with E-state index in [9.17, 15) is 4.79 Å². The molecule has 0 saturated carbocycles. The maximum atomic E-state index is 10.5. The van der Waals surface area contributed by atoms with E-state index in [0.717, 1.165) is 11.1 Å². The average Bonchev–Trinajstić information content (AvgIpc) is 3.04. The number of aliphatic carboxylic acids is 1. The molecule has 116 valence electrons. The van der Waals surface area contributed by atoms with E-state index < -0.39 is 12.6 Å². The Balaban J connectivity index is 1.84. The molecule has 0 fully saturated rings. The maximum Gasteiger partial charge on any atom is 0.341 e. The Morgan fingerprint density at radius 1 is 1.17 bits per heavy atom. The van der Waals surface area contributed by atoms with E-state index in [1.54, 1.807) is 24.3 Å². The van der Waals surface area contributed by atoms with Crippen molar-refractivity contribution in [3.8, 4) is 28.6 Å². The minimum atomic E-state index is -1.03. The monoisotopic (exact) mass is 310 g/mol. The topological polar surface area (TPSA) is 85.5 Å². The summed E-state index contributed by atoms with van der Waals surface area (Å²) in [6.07, 6.45) is 0. The second-order valence-corrected chi connectivity index (χ2v) is 5.00. The predicted molar refractivity (Wildman–Crippen MR) is 83.0 cm³/mol. The van der Waals surface area contributed by atoms with E-state index >= 15 is 0 Å². The Kier molecular flexibility index (Phi) is 4.05. The zero-order valence-electron chi connectivity index (χ0n) is 12.4. The second-order valence-electron chi connectivity index (χ2n) is 5.00. The van der Waals surface area contributed by atoms with Gasteiger partial charge in [-0.3, -0.25) is 0 Å². The van der Waals surface area contributed by atoms with Crippen molar-refractivity contribution in [1.29, 1.82) is 0 Å². The molecule has 0 unspecified atom stereocenters. The Labute approximate surface area is 132 Å². The fourth-order valence-electron chi connectivity index (χ4n) is 2.02. The van der Waals surface area contributed by atoms with Crippen LogP contribution in [0.3, 0.4) is 0 Å². The van der Waals surface area contributed by atoms with E-state index in [1.807, 2.05) is 31.2 Å². The Morgan fingerprint density at radius 3 is 2.70 bits per heavy atom. The van der Waals surface area contributed by atoms with Crippen LogP contribution in [-0.4, -0.2) is 27.8 Å². The Hall–Kier alpha value is -3.15. The van der Waals surface area contributed by atoms with Gasteiger partial charge in [0.2, 0.25) is 5.82 Å². The molecule has 1 N–H and O–H groups in total. The van der Waals surface area contributed by atoms with Gasteiger partial charge < -0.3 is 14.4 Å². The van der Waals surface area contributed by atoms with Crippen molar-refractivity contribution < 1.29 is 19.2 Å². The van der Waals surface area contributed by atoms with Crippen LogP contribution in [0.4, 0.5) is 0 Å². The number of aryl methyl sites for hydroxylation is 1. The molecule has 0 aliphatic heterocycles. The fraction of sp³-hybridized carbons (Fsp3) is 0.118. The first kappa shape index (κ1) is 14.8. The van der Waals surface area contributed by atoms with Gasteiger partial charge in [0.1, 0.15) is 5.75 Å². The lowest BCUT2D eigenvalue weighted by atomic mass is 10.1. The normalized spacial score (nSPS) is 10.5. The fourth-order valence-corrected chi connectivity index (χ4v) is 2.02. The number of aromatic nitrogens is 2. The highest BCUT2D eigenvalue weighted by molar-refractivity contribution is 5.68. The van der Waals surface area contributed by atoms with Gasteiger partial charge in [0.25, 0.3) is 5.89 Å². The van der Waals surface area contributed by atoms with Crippen LogP contribution < -0.4 is 4.74 Å². The largest absolute Gasteiger partial charge is 0.482 e. The molecule has 2 aromatic carbocycles. The number of ether oxygens (including phenoxy) is 1. The van der Waals surface area contributed by atoms with Crippen LogP contribution in [0.5, 0.6) is 5.75 Å². The molecule has 0 amide bonds. The van der Waals surface area contributed by atoms with Gasteiger partial charge in [0.05, 0.1) is 0 Å². The summed E-state index contributed by atoms with van der Waals surface area (Å²) in [6.45, 7) is 1.61. The van der Waals surface area contributed by atoms with Crippen LogP contribution in [0.15, 0.2) is 53.1 Å². The summed E-state index contributed by atoms with van der Waals surface area (Å²) in [7, 11) is 0. The third-order valence-corrected chi connectivity index (χ3v) is 3.18. The molecule has 6 heteroatoms. The summed E-state index contributed by atoms with van der Waals surface area (Å²) < 4.78 is 10.4. The summed E-state index contributed by atoms with van der Waals surface area (Å²) in [6, 6.07) is 14.7. The van der Waals surface area contributed by atoms with Crippen molar-refractivity contribution in [3.63, 3.8) is 0 Å². The van der Waals surface area contributed by atoms with E-state index in [-0.39, 0.29) is 0 Å². The van der Waals surface area contributed by atoms with Crippen LogP contribution in [-0.2, 0) is 4.79 Å². The molecular weight excluding hydrogens is 296 g/mol. The lowest BCUT2D eigenvalue weighted by Gasteiger charge is -2.03. The highest BCUT2D eigenvalue weighted by Gasteiger charge is 2.11. The third-order valence-electron chi connectivity index (χ3n) is 3.18. The van der Waals surface area contributed by atoms with Crippen LogP contribution in [0.25, 0.3) is 22.8 Å². The highest BCUT2D eigenvalue weighted by Crippen LogP contribution is 2.25. The van der Waals surface area contributed by atoms with Crippen molar-refractivity contribution in [1.82, 2.24) is 10.1 Å². The molecule has 0 spiro atoms. The number of benzene rings is 2. The number of hydrogen-bond acceptors (Lipinski definition) is 5. The van der Waals surface area contributed by atoms with Crippen molar-refractivity contribution in [3.05, 3.63) is 54.1 Å². The van der Waals surface area contributed by atoms with Crippen molar-refractivity contribution >= 4 is 5.97 Å². The number of nitrogens with zero attached hydrogens (tertiary/aromatic N) is 2. The summed E-state index contributed by atoms with van der Waals surface area (Å²) >= 11 is 0. The van der Waals surface area contributed by atoms with Crippen molar-refractivity contribution in [2.75, 3.05) is 6.61 Å². The van der Waals surface area contributed by atoms with Crippen LogP contribution in [0, 0.1) is 6.92 Å². The van der Waals surface area contributed by atoms with E-state index in [2.05, 4.69) is 10.1 Å². The molecule has 0 aliphatic carbocycles. The van der Waals surface area contributed by atoms with Crippen LogP contribution >= 0.6 is 0 Å². The van der Waals surface area contributed by atoms with Crippen LogP contribution in [0.2, 0.25) is 0 Å². The lowest BCUT2D eigenvalue weighted by Crippen LogP contribution is -2.09. The van der Waals surface area contributed by atoms with E-state index in [4.69, 9.17) is 14.4 Å². The molecule has 3 aromatic rings. The zero-order valence-corrected chi connectivity index (χ0v) is 12.4. The standard InChI is InChI=1S/C17H14N2O4/c1-11-5-7-12(8-6-11)17-18-16(19-23-17)13-3-2-4-14(9-13)22-10-15(20)21/h2-9H,10H2,1H3,(H,20,21). The highest BCUT2D eigenvalue weighted by atomic mass is 16.5. The molecule has 0 radical (unpaired) electrons. The van der Waals surface area contributed by atoms with Gasteiger partial charge in [-0.25, -0.2) is 4.79 Å². The molecule has 1 aromatic heterocycles. The first-order valence-electron chi connectivity index (χ1n) is 6.97. The van der Waals surface area contributed by atoms with Crippen molar-refractivity contribution in [2.24, 2.45) is 0 Å². The smallest absolute Gasteiger partial charge is 0.341 e. The molecule has 1 heterocycles. The van der Waals surface area contributed by atoms with Crippen LogP contribution in [0.1, 0.15) is 5.56 Å². The van der Waals surface area contributed by atoms with Gasteiger partial charge in [0, 0.05) is 11.1 Å². The van der Waals surface area contributed by atoms with E-state index in [1.165, 1.54) is 0 Å². The second kappa shape index (κ2) is 6.31. The molecule has 0 aliphatic rings. The molecule has 3 rings (SSSR count). The number of hydrogen-bond donors (Lipinski definition) is 1. The average molecular weight is 310 g/mol. The summed E-state index contributed by atoms with van der Waals surface area (Å²) in [4.78, 5) is 14.9. The number of carboxylic acid groups (broad SMARTS) is 1. The lowest BCUT2D eigenvalue weighted by molar-refractivity contribution is -0.139. The van der Waals surface area contributed by atoms with Gasteiger partial charge >= 0.3 is 5.97 Å². The number of carboxylic acids is 1. The van der Waals surface area contributed by atoms with Gasteiger partial charge in [-0.2, -0.15) is 4.98 Å². The van der Waals surface area contributed by atoms with Gasteiger partial charge in [0.15, 0.2) is 6.61 Å². The Morgan fingerprint density at radius 2 is 1.96 bits per heavy atom. The molecular formula is C17H14N2O4. The SMILES string of the molecule is Cc1ccc(-c2nc(-c3cccc(OCC(=O)O)c3)no2)cc1. The number of carbonyl (C=O) groups is 1. The summed E-state index contributed by atoms with van der Waals surface area (Å²) in [5.41, 5.74) is 2.68. The summed E-state index contributed by atoms with van der Waals surface area (Å²) in [5.74, 6) is 0.251.